The molecule has 4 heteroatoms. The van der Waals surface area contributed by atoms with E-state index in [0.29, 0.717) is 24.1 Å². The molecule has 1 amide bonds. The van der Waals surface area contributed by atoms with Crippen LogP contribution in [0.4, 0.5) is 0 Å². The van der Waals surface area contributed by atoms with Crippen LogP contribution in [-0.4, -0.2) is 27.3 Å². The molecule has 0 radical (unpaired) electrons. The first kappa shape index (κ1) is 17.9. The molecule has 1 aliphatic carbocycles. The van der Waals surface area contributed by atoms with Crippen molar-refractivity contribution in [2.45, 2.75) is 50.1 Å². The van der Waals surface area contributed by atoms with Crippen molar-refractivity contribution in [3.63, 3.8) is 0 Å². The van der Waals surface area contributed by atoms with Gasteiger partial charge < -0.3 is 4.90 Å². The predicted molar refractivity (Wildman–Crippen MR) is 102 cm³/mol. The zero-order chi connectivity index (χ0) is 18.0. The SMILES string of the molecule is CC(C)c1ccc(CN(C(=O)c2ccc(S(C)=O)cc2)C2CC2)cc1. The van der Waals surface area contributed by atoms with Gasteiger partial charge in [0, 0.05) is 40.1 Å². The van der Waals surface area contributed by atoms with Gasteiger partial charge in [-0.25, -0.2) is 0 Å². The third-order valence-electron chi connectivity index (χ3n) is 4.68. The van der Waals surface area contributed by atoms with E-state index in [9.17, 15) is 9.00 Å². The molecule has 2 aromatic carbocycles. The van der Waals surface area contributed by atoms with Crippen LogP contribution in [0.15, 0.2) is 53.4 Å². The minimum absolute atomic E-state index is 0.0591. The van der Waals surface area contributed by atoms with Gasteiger partial charge in [-0.05, 0) is 54.2 Å². The summed E-state index contributed by atoms with van der Waals surface area (Å²) in [6.45, 7) is 5.01. The highest BCUT2D eigenvalue weighted by molar-refractivity contribution is 7.84. The first-order valence-electron chi connectivity index (χ1n) is 8.79. The summed E-state index contributed by atoms with van der Waals surface area (Å²) in [5.74, 6) is 0.571. The maximum atomic E-state index is 12.9. The van der Waals surface area contributed by atoms with Crippen LogP contribution in [0.3, 0.4) is 0 Å². The van der Waals surface area contributed by atoms with E-state index in [2.05, 4.69) is 38.1 Å². The summed E-state index contributed by atoms with van der Waals surface area (Å²) in [6, 6.07) is 16.0. The zero-order valence-corrected chi connectivity index (χ0v) is 15.9. The Hall–Kier alpha value is -1.94. The number of benzene rings is 2. The van der Waals surface area contributed by atoms with Crippen LogP contribution in [0.25, 0.3) is 0 Å². The largest absolute Gasteiger partial charge is 0.331 e. The summed E-state index contributed by atoms with van der Waals surface area (Å²) in [7, 11) is -1.02. The maximum absolute atomic E-state index is 12.9. The van der Waals surface area contributed by atoms with Crippen LogP contribution in [0.1, 0.15) is 54.1 Å². The fourth-order valence-electron chi connectivity index (χ4n) is 2.91. The highest BCUT2D eigenvalue weighted by Crippen LogP contribution is 2.30. The van der Waals surface area contributed by atoms with Crippen molar-refractivity contribution in [1.82, 2.24) is 4.90 Å². The van der Waals surface area contributed by atoms with Crippen molar-refractivity contribution in [1.29, 1.82) is 0 Å². The van der Waals surface area contributed by atoms with Crippen molar-refractivity contribution in [3.8, 4) is 0 Å². The Morgan fingerprint density at radius 1 is 1.08 bits per heavy atom. The summed E-state index contributed by atoms with van der Waals surface area (Å²) in [4.78, 5) is 15.7. The van der Waals surface area contributed by atoms with Crippen molar-refractivity contribution in [2.24, 2.45) is 0 Å². The van der Waals surface area contributed by atoms with Crippen LogP contribution < -0.4 is 0 Å². The number of hydrogen-bond acceptors (Lipinski definition) is 2. The molecule has 2 aromatic rings. The Morgan fingerprint density at radius 2 is 1.68 bits per heavy atom. The molecule has 1 aliphatic rings. The van der Waals surface area contributed by atoms with Gasteiger partial charge in [-0.1, -0.05) is 38.1 Å². The van der Waals surface area contributed by atoms with Crippen LogP contribution in [-0.2, 0) is 17.3 Å². The maximum Gasteiger partial charge on any atom is 0.254 e. The van der Waals surface area contributed by atoms with Gasteiger partial charge in [-0.15, -0.1) is 0 Å². The molecule has 0 saturated heterocycles. The minimum atomic E-state index is -1.02. The molecular weight excluding hydrogens is 330 g/mol. The first-order valence-corrected chi connectivity index (χ1v) is 10.3. The molecule has 0 aliphatic heterocycles. The number of carbonyl (C=O) groups excluding carboxylic acids is 1. The highest BCUT2D eigenvalue weighted by Gasteiger charge is 2.33. The van der Waals surface area contributed by atoms with Gasteiger partial charge >= 0.3 is 0 Å². The van der Waals surface area contributed by atoms with E-state index in [1.165, 1.54) is 5.56 Å². The van der Waals surface area contributed by atoms with Crippen molar-refractivity contribution in [2.75, 3.05) is 6.26 Å². The molecule has 0 aromatic heterocycles. The van der Waals surface area contributed by atoms with Gasteiger partial charge in [0.15, 0.2) is 0 Å². The second kappa shape index (κ2) is 7.52. The van der Waals surface area contributed by atoms with E-state index in [4.69, 9.17) is 0 Å². The van der Waals surface area contributed by atoms with Crippen molar-refractivity contribution in [3.05, 3.63) is 65.2 Å². The predicted octanol–water partition coefficient (Wildman–Crippen LogP) is 4.35. The van der Waals surface area contributed by atoms with Gasteiger partial charge in [-0.3, -0.25) is 9.00 Å². The van der Waals surface area contributed by atoms with E-state index in [0.717, 1.165) is 23.3 Å². The Kier molecular flexibility index (Phi) is 5.38. The van der Waals surface area contributed by atoms with E-state index < -0.39 is 10.8 Å². The molecule has 3 rings (SSSR count). The number of nitrogens with zero attached hydrogens (tertiary/aromatic N) is 1. The third-order valence-corrected chi connectivity index (χ3v) is 5.62. The molecule has 132 valence electrons. The molecule has 0 heterocycles. The zero-order valence-electron chi connectivity index (χ0n) is 15.1. The molecule has 25 heavy (non-hydrogen) atoms. The molecule has 1 unspecified atom stereocenters. The summed E-state index contributed by atoms with van der Waals surface area (Å²) >= 11 is 0. The lowest BCUT2D eigenvalue weighted by atomic mass is 10.0. The molecule has 1 fully saturated rings. The Morgan fingerprint density at radius 3 is 2.16 bits per heavy atom. The second-order valence-electron chi connectivity index (χ2n) is 7.04. The quantitative estimate of drug-likeness (QED) is 0.772. The average Bonchev–Trinajstić information content (AvgIpc) is 3.44. The lowest BCUT2D eigenvalue weighted by Crippen LogP contribution is -2.32. The van der Waals surface area contributed by atoms with Crippen LogP contribution in [0.5, 0.6) is 0 Å². The van der Waals surface area contributed by atoms with Gasteiger partial charge in [0.05, 0.1) is 0 Å². The smallest absolute Gasteiger partial charge is 0.254 e. The second-order valence-corrected chi connectivity index (χ2v) is 8.42. The third kappa shape index (κ3) is 4.37. The van der Waals surface area contributed by atoms with Gasteiger partial charge in [0.1, 0.15) is 0 Å². The van der Waals surface area contributed by atoms with E-state index in [-0.39, 0.29) is 5.91 Å². The molecule has 0 spiro atoms. The molecule has 0 N–H and O–H groups in total. The lowest BCUT2D eigenvalue weighted by molar-refractivity contribution is 0.0730. The molecule has 3 nitrogen and oxygen atoms in total. The molecule has 1 atom stereocenters. The monoisotopic (exact) mass is 355 g/mol. The number of rotatable bonds is 6. The fourth-order valence-corrected chi connectivity index (χ4v) is 3.43. The summed E-state index contributed by atoms with van der Waals surface area (Å²) in [6.07, 6.45) is 3.80. The van der Waals surface area contributed by atoms with Gasteiger partial charge in [-0.2, -0.15) is 0 Å². The Labute approximate surface area is 152 Å². The summed E-state index contributed by atoms with van der Waals surface area (Å²) < 4.78 is 11.5. The van der Waals surface area contributed by atoms with E-state index >= 15 is 0 Å². The summed E-state index contributed by atoms with van der Waals surface area (Å²) in [5, 5.41) is 0. The molecule has 0 bridgehead atoms. The molecule has 1 saturated carbocycles. The highest BCUT2D eigenvalue weighted by atomic mass is 32.2. The normalized spacial score (nSPS) is 15.2. The number of amides is 1. The fraction of sp³-hybridized carbons (Fsp3) is 0.381. The average molecular weight is 356 g/mol. The standard InChI is InChI=1S/C21H25NO2S/c1-15(2)17-6-4-16(5-7-17)14-22(19-10-11-19)21(23)18-8-12-20(13-9-18)25(3)24/h4-9,12-13,15,19H,10-11,14H2,1-3H3. The Bertz CT molecular complexity index is 761. The topological polar surface area (TPSA) is 37.4 Å². The Balaban J connectivity index is 1.76. The number of carbonyl (C=O) groups is 1. The van der Waals surface area contributed by atoms with Gasteiger partial charge in [0.25, 0.3) is 5.91 Å². The first-order chi connectivity index (χ1) is 12.0. The van der Waals surface area contributed by atoms with Crippen LogP contribution >= 0.6 is 0 Å². The van der Waals surface area contributed by atoms with Crippen molar-refractivity contribution >= 4 is 16.7 Å². The van der Waals surface area contributed by atoms with Crippen molar-refractivity contribution < 1.29 is 9.00 Å². The van der Waals surface area contributed by atoms with Gasteiger partial charge in [0.2, 0.25) is 0 Å². The molecular formula is C21H25NO2S. The van der Waals surface area contributed by atoms with E-state index in [1.807, 2.05) is 4.90 Å². The van der Waals surface area contributed by atoms with Crippen LogP contribution in [0, 0.1) is 0 Å². The lowest BCUT2D eigenvalue weighted by Gasteiger charge is -2.23. The summed E-state index contributed by atoms with van der Waals surface area (Å²) in [5.41, 5.74) is 3.15. The van der Waals surface area contributed by atoms with Crippen LogP contribution in [0.2, 0.25) is 0 Å². The van der Waals surface area contributed by atoms with E-state index in [1.54, 1.807) is 30.5 Å². The minimum Gasteiger partial charge on any atom is -0.331 e. The number of hydrogen-bond donors (Lipinski definition) is 0.